The van der Waals surface area contributed by atoms with Crippen LogP contribution in [0.1, 0.15) is 5.56 Å². The van der Waals surface area contributed by atoms with E-state index in [-0.39, 0.29) is 12.4 Å². The van der Waals surface area contributed by atoms with Crippen LogP contribution >= 0.6 is 24.0 Å². The van der Waals surface area contributed by atoms with Crippen LogP contribution in [0.2, 0.25) is 5.02 Å². The molecule has 0 bridgehead atoms. The summed E-state index contributed by atoms with van der Waals surface area (Å²) in [5.41, 5.74) is 0.930. The second kappa shape index (κ2) is 6.27. The van der Waals surface area contributed by atoms with E-state index in [0.29, 0.717) is 17.5 Å². The Hall–Kier alpha value is -1.53. The summed E-state index contributed by atoms with van der Waals surface area (Å²) in [7, 11) is 1.61. The zero-order valence-electron chi connectivity index (χ0n) is 8.98. The molecule has 0 unspecified atom stereocenters. The minimum Gasteiger partial charge on any atom is -0.496 e. The van der Waals surface area contributed by atoms with Crippen LogP contribution in [0, 0.1) is 0 Å². The lowest BCUT2D eigenvalue weighted by Gasteiger charge is -2.08. The highest BCUT2D eigenvalue weighted by Gasteiger charge is 2.04. The second-order valence-corrected chi connectivity index (χ2v) is 3.48. The molecular weight excluding hydrogens is 265 g/mol. The highest BCUT2D eigenvalue weighted by molar-refractivity contribution is 6.30. The molecular formula is C9H11Cl2N5O. The molecule has 8 heteroatoms. The summed E-state index contributed by atoms with van der Waals surface area (Å²) in [5.74, 6) is 1.20. The molecule has 92 valence electrons. The predicted octanol–water partition coefficient (Wildman–Crippen LogP) is 1.90. The molecule has 1 aromatic carbocycles. The molecule has 0 aliphatic heterocycles. The van der Waals surface area contributed by atoms with Crippen molar-refractivity contribution in [1.82, 2.24) is 20.6 Å². The standard InChI is InChI=1S/C9H10ClN5O.ClH/c1-16-8-3-2-7(10)4-6(8)5-11-9-12-14-15-13-9;/h2-4H,5H2,1H3,(H2,11,12,13,14,15);1H. The van der Waals surface area contributed by atoms with Crippen molar-refractivity contribution < 1.29 is 4.74 Å². The number of halogens is 2. The summed E-state index contributed by atoms with van der Waals surface area (Å²) in [4.78, 5) is 0. The van der Waals surface area contributed by atoms with Crippen molar-refractivity contribution in [2.24, 2.45) is 0 Å². The van der Waals surface area contributed by atoms with Gasteiger partial charge < -0.3 is 10.1 Å². The van der Waals surface area contributed by atoms with Crippen molar-refractivity contribution in [3.63, 3.8) is 0 Å². The minimum atomic E-state index is 0. The fraction of sp³-hybridized carbons (Fsp3) is 0.222. The van der Waals surface area contributed by atoms with Gasteiger partial charge in [-0.05, 0) is 23.4 Å². The number of tetrazole rings is 1. The Morgan fingerprint density at radius 1 is 1.47 bits per heavy atom. The van der Waals surface area contributed by atoms with Crippen LogP contribution in [0.4, 0.5) is 5.95 Å². The molecule has 1 aromatic heterocycles. The zero-order chi connectivity index (χ0) is 11.4. The number of methoxy groups -OCH3 is 1. The van der Waals surface area contributed by atoms with Crippen molar-refractivity contribution in [2.45, 2.75) is 6.54 Å². The molecule has 0 radical (unpaired) electrons. The number of hydrogen-bond donors (Lipinski definition) is 2. The molecule has 0 aliphatic carbocycles. The van der Waals surface area contributed by atoms with Crippen LogP contribution in [0.3, 0.4) is 0 Å². The molecule has 0 atom stereocenters. The smallest absolute Gasteiger partial charge is 0.263 e. The summed E-state index contributed by atoms with van der Waals surface area (Å²) < 4.78 is 5.21. The van der Waals surface area contributed by atoms with E-state index in [9.17, 15) is 0 Å². The van der Waals surface area contributed by atoms with E-state index in [1.165, 1.54) is 0 Å². The number of rotatable bonds is 4. The maximum absolute atomic E-state index is 5.90. The number of aromatic amines is 1. The van der Waals surface area contributed by atoms with E-state index in [2.05, 4.69) is 25.9 Å². The van der Waals surface area contributed by atoms with Crippen LogP contribution in [-0.4, -0.2) is 27.7 Å². The van der Waals surface area contributed by atoms with E-state index in [1.807, 2.05) is 12.1 Å². The van der Waals surface area contributed by atoms with Crippen LogP contribution in [0.5, 0.6) is 5.75 Å². The molecule has 2 N–H and O–H groups in total. The van der Waals surface area contributed by atoms with Gasteiger partial charge in [-0.15, -0.1) is 17.5 Å². The number of hydrogen-bond acceptors (Lipinski definition) is 5. The lowest BCUT2D eigenvalue weighted by Crippen LogP contribution is -2.03. The van der Waals surface area contributed by atoms with Crippen molar-refractivity contribution >= 4 is 30.0 Å². The SMILES string of the molecule is COc1ccc(Cl)cc1CNc1nn[nH]n1.Cl. The van der Waals surface area contributed by atoms with Gasteiger partial charge in [0, 0.05) is 17.1 Å². The minimum absolute atomic E-state index is 0. The number of H-pyrrole nitrogens is 1. The van der Waals surface area contributed by atoms with E-state index in [0.717, 1.165) is 11.3 Å². The molecule has 0 fully saturated rings. The molecule has 0 amide bonds. The van der Waals surface area contributed by atoms with E-state index < -0.39 is 0 Å². The number of anilines is 1. The number of nitrogens with zero attached hydrogens (tertiary/aromatic N) is 3. The van der Waals surface area contributed by atoms with Gasteiger partial charge in [0.1, 0.15) is 5.75 Å². The third kappa shape index (κ3) is 3.47. The Labute approximate surface area is 109 Å². The molecule has 2 aromatic rings. The summed E-state index contributed by atoms with van der Waals surface area (Å²) in [6.07, 6.45) is 0. The summed E-state index contributed by atoms with van der Waals surface area (Å²) >= 11 is 5.90. The second-order valence-electron chi connectivity index (χ2n) is 3.05. The normalized spacial score (nSPS) is 9.53. The lowest BCUT2D eigenvalue weighted by atomic mass is 10.2. The fourth-order valence-corrected chi connectivity index (χ4v) is 1.49. The maximum atomic E-state index is 5.90. The Kier molecular flexibility index (Phi) is 4.99. The highest BCUT2D eigenvalue weighted by atomic mass is 35.5. The Bertz CT molecular complexity index is 462. The molecule has 0 spiro atoms. The first-order chi connectivity index (χ1) is 7.79. The van der Waals surface area contributed by atoms with E-state index >= 15 is 0 Å². The molecule has 0 saturated carbocycles. The van der Waals surface area contributed by atoms with Crippen LogP contribution in [0.25, 0.3) is 0 Å². The number of nitrogens with one attached hydrogen (secondary N) is 2. The first-order valence-corrected chi connectivity index (χ1v) is 4.97. The van der Waals surface area contributed by atoms with Crippen molar-refractivity contribution in [1.29, 1.82) is 0 Å². The van der Waals surface area contributed by atoms with Gasteiger partial charge in [-0.2, -0.15) is 5.21 Å². The molecule has 2 rings (SSSR count). The van der Waals surface area contributed by atoms with Gasteiger partial charge in [-0.25, -0.2) is 0 Å². The van der Waals surface area contributed by atoms with Gasteiger partial charge in [0.25, 0.3) is 5.95 Å². The van der Waals surface area contributed by atoms with Gasteiger partial charge in [0.2, 0.25) is 0 Å². The fourth-order valence-electron chi connectivity index (χ4n) is 1.30. The first-order valence-electron chi connectivity index (χ1n) is 4.59. The molecule has 17 heavy (non-hydrogen) atoms. The summed E-state index contributed by atoms with van der Waals surface area (Å²) in [5, 5.41) is 17.0. The highest BCUT2D eigenvalue weighted by Crippen LogP contribution is 2.22. The predicted molar refractivity (Wildman–Crippen MR) is 66.8 cm³/mol. The van der Waals surface area contributed by atoms with Gasteiger partial charge in [-0.3, -0.25) is 0 Å². The Balaban J connectivity index is 0.00000144. The largest absolute Gasteiger partial charge is 0.496 e. The molecule has 6 nitrogen and oxygen atoms in total. The maximum Gasteiger partial charge on any atom is 0.263 e. The first kappa shape index (κ1) is 13.5. The molecule has 1 heterocycles. The Morgan fingerprint density at radius 3 is 2.94 bits per heavy atom. The van der Waals surface area contributed by atoms with Gasteiger partial charge in [-0.1, -0.05) is 16.7 Å². The number of aromatic nitrogens is 4. The quantitative estimate of drug-likeness (QED) is 0.891. The summed E-state index contributed by atoms with van der Waals surface area (Å²) in [6.45, 7) is 0.517. The van der Waals surface area contributed by atoms with Crippen LogP contribution in [-0.2, 0) is 6.54 Å². The third-order valence-electron chi connectivity index (χ3n) is 2.02. The summed E-state index contributed by atoms with van der Waals surface area (Å²) in [6, 6.07) is 5.42. The average molecular weight is 276 g/mol. The van der Waals surface area contributed by atoms with Crippen molar-refractivity contribution in [2.75, 3.05) is 12.4 Å². The third-order valence-corrected chi connectivity index (χ3v) is 2.26. The van der Waals surface area contributed by atoms with Gasteiger partial charge in [0.15, 0.2) is 0 Å². The van der Waals surface area contributed by atoms with Crippen LogP contribution in [0.15, 0.2) is 18.2 Å². The zero-order valence-corrected chi connectivity index (χ0v) is 10.5. The van der Waals surface area contributed by atoms with E-state index in [1.54, 1.807) is 13.2 Å². The topological polar surface area (TPSA) is 75.7 Å². The van der Waals surface area contributed by atoms with Crippen molar-refractivity contribution in [3.8, 4) is 5.75 Å². The van der Waals surface area contributed by atoms with E-state index in [4.69, 9.17) is 16.3 Å². The van der Waals surface area contributed by atoms with Gasteiger partial charge >= 0.3 is 0 Å². The van der Waals surface area contributed by atoms with Crippen LogP contribution < -0.4 is 10.1 Å². The molecule has 0 aliphatic rings. The molecule has 0 saturated heterocycles. The lowest BCUT2D eigenvalue weighted by molar-refractivity contribution is 0.410. The average Bonchev–Trinajstić information content (AvgIpc) is 2.79. The van der Waals surface area contributed by atoms with Crippen molar-refractivity contribution in [3.05, 3.63) is 28.8 Å². The number of benzene rings is 1. The Morgan fingerprint density at radius 2 is 2.29 bits per heavy atom. The number of ether oxygens (including phenoxy) is 1. The monoisotopic (exact) mass is 275 g/mol. The van der Waals surface area contributed by atoms with Gasteiger partial charge in [0.05, 0.1) is 7.11 Å².